The van der Waals surface area contributed by atoms with Crippen LogP contribution < -0.4 is 10.6 Å². The van der Waals surface area contributed by atoms with Crippen molar-refractivity contribution in [1.82, 2.24) is 4.90 Å². The summed E-state index contributed by atoms with van der Waals surface area (Å²) >= 11 is 1.15. The molecule has 3 aromatic carbocycles. The number of rotatable bonds is 10. The molecule has 1 heterocycles. The van der Waals surface area contributed by atoms with Crippen molar-refractivity contribution in [1.29, 1.82) is 0 Å². The first kappa shape index (κ1) is 26.1. The van der Waals surface area contributed by atoms with E-state index in [1.54, 1.807) is 43.5 Å². The summed E-state index contributed by atoms with van der Waals surface area (Å²) in [5.41, 5.74) is 2.84. The number of carbonyl (C=O) groups excluding carboxylic acids is 3. The molecule has 1 aliphatic heterocycles. The summed E-state index contributed by atoms with van der Waals surface area (Å²) in [5.74, 6) is -1.49. The van der Waals surface area contributed by atoms with Gasteiger partial charge in [-0.1, -0.05) is 29.5 Å². The van der Waals surface area contributed by atoms with Crippen LogP contribution in [0.15, 0.2) is 88.3 Å². The first-order valence-electron chi connectivity index (χ1n) is 11.6. The van der Waals surface area contributed by atoms with Gasteiger partial charge in [-0.3, -0.25) is 19.3 Å². The zero-order valence-electron chi connectivity index (χ0n) is 20.4. The third-order valence-electron chi connectivity index (χ3n) is 5.62. The first-order valence-corrected chi connectivity index (χ1v) is 12.5. The zero-order chi connectivity index (χ0) is 26.4. The van der Waals surface area contributed by atoms with Gasteiger partial charge in [0.15, 0.2) is 0 Å². The summed E-state index contributed by atoms with van der Waals surface area (Å²) in [4.78, 5) is 40.9. The lowest BCUT2D eigenvalue weighted by atomic mass is 10.1. The summed E-state index contributed by atoms with van der Waals surface area (Å²) < 4.78 is 18.4. The second kappa shape index (κ2) is 11.9. The van der Waals surface area contributed by atoms with E-state index < -0.39 is 17.6 Å². The molecule has 0 atom stereocenters. The van der Waals surface area contributed by atoms with Crippen LogP contribution in [0.25, 0.3) is 0 Å². The smallest absolute Gasteiger partial charge is 0.278 e. The zero-order valence-corrected chi connectivity index (χ0v) is 21.2. The molecular formula is C28H26FN3O4S. The minimum absolute atomic E-state index is 0.135. The summed E-state index contributed by atoms with van der Waals surface area (Å²) in [6.45, 7) is 2.58. The highest BCUT2D eigenvalue weighted by Gasteiger charge is 2.38. The maximum absolute atomic E-state index is 13.4. The molecule has 0 aromatic heterocycles. The molecule has 0 saturated heterocycles. The van der Waals surface area contributed by atoms with Crippen molar-refractivity contribution < 1.29 is 23.5 Å². The molecule has 0 unspecified atom stereocenters. The Bertz CT molecular complexity index is 1320. The molecule has 0 bridgehead atoms. The van der Waals surface area contributed by atoms with E-state index in [4.69, 9.17) is 4.74 Å². The molecule has 4 rings (SSSR count). The van der Waals surface area contributed by atoms with Crippen molar-refractivity contribution in [2.75, 3.05) is 30.9 Å². The molecule has 0 fully saturated rings. The number of methoxy groups -OCH3 is 1. The van der Waals surface area contributed by atoms with E-state index >= 15 is 0 Å². The molecule has 9 heteroatoms. The SMILES string of the molecule is COCCCN1C(=O)C(Nc2ccc(F)cc2)=C(Sc2ccc(NC(=O)c3ccc(C)cc3)cc2)C1=O. The van der Waals surface area contributed by atoms with E-state index in [1.165, 1.54) is 29.2 Å². The molecular weight excluding hydrogens is 493 g/mol. The normalized spacial score (nSPS) is 13.3. The third kappa shape index (κ3) is 6.44. The summed E-state index contributed by atoms with van der Waals surface area (Å²) in [5, 5.41) is 5.84. The predicted octanol–water partition coefficient (Wildman–Crippen LogP) is 5.21. The lowest BCUT2D eigenvalue weighted by Crippen LogP contribution is -2.33. The highest BCUT2D eigenvalue weighted by molar-refractivity contribution is 8.04. The minimum Gasteiger partial charge on any atom is -0.385 e. The fourth-order valence-electron chi connectivity index (χ4n) is 3.64. The maximum Gasteiger partial charge on any atom is 0.278 e. The number of aryl methyl sites for hydroxylation is 1. The van der Waals surface area contributed by atoms with Crippen molar-refractivity contribution in [2.24, 2.45) is 0 Å². The van der Waals surface area contributed by atoms with Gasteiger partial charge in [-0.05, 0) is 74.0 Å². The Hall–Kier alpha value is -3.95. The molecule has 37 heavy (non-hydrogen) atoms. The van der Waals surface area contributed by atoms with Crippen LogP contribution in [0.4, 0.5) is 15.8 Å². The second-order valence-electron chi connectivity index (χ2n) is 8.39. The Morgan fingerprint density at radius 2 is 1.57 bits per heavy atom. The highest BCUT2D eigenvalue weighted by atomic mass is 32.2. The van der Waals surface area contributed by atoms with Gasteiger partial charge in [-0.15, -0.1) is 0 Å². The summed E-state index contributed by atoms with van der Waals surface area (Å²) in [6, 6.07) is 19.8. The van der Waals surface area contributed by atoms with Crippen LogP contribution in [0, 0.1) is 12.7 Å². The molecule has 0 radical (unpaired) electrons. The quantitative estimate of drug-likeness (QED) is 0.283. The van der Waals surface area contributed by atoms with Crippen molar-refractivity contribution in [2.45, 2.75) is 18.2 Å². The number of halogens is 1. The van der Waals surface area contributed by atoms with Crippen molar-refractivity contribution in [3.63, 3.8) is 0 Å². The topological polar surface area (TPSA) is 87.7 Å². The Balaban J connectivity index is 1.52. The molecule has 190 valence electrons. The number of benzene rings is 3. The number of hydrogen-bond donors (Lipinski definition) is 2. The monoisotopic (exact) mass is 519 g/mol. The van der Waals surface area contributed by atoms with Gasteiger partial charge in [0.1, 0.15) is 16.4 Å². The van der Waals surface area contributed by atoms with E-state index in [0.717, 1.165) is 17.3 Å². The Kier molecular flexibility index (Phi) is 8.37. The van der Waals surface area contributed by atoms with Crippen LogP contribution >= 0.6 is 11.8 Å². The van der Waals surface area contributed by atoms with Crippen LogP contribution in [-0.2, 0) is 14.3 Å². The van der Waals surface area contributed by atoms with Crippen LogP contribution in [-0.4, -0.2) is 42.9 Å². The fourth-order valence-corrected chi connectivity index (χ4v) is 4.58. The molecule has 0 saturated carbocycles. The number of nitrogens with one attached hydrogen (secondary N) is 2. The van der Waals surface area contributed by atoms with Gasteiger partial charge in [-0.25, -0.2) is 4.39 Å². The summed E-state index contributed by atoms with van der Waals surface area (Å²) in [6.07, 6.45) is 0.505. The van der Waals surface area contributed by atoms with Gasteiger partial charge in [0.05, 0.1) is 0 Å². The van der Waals surface area contributed by atoms with Crippen LogP contribution in [0.1, 0.15) is 22.3 Å². The fraction of sp³-hybridized carbons (Fsp3) is 0.179. The van der Waals surface area contributed by atoms with Crippen LogP contribution in [0.5, 0.6) is 0 Å². The van der Waals surface area contributed by atoms with Gasteiger partial charge < -0.3 is 15.4 Å². The molecule has 7 nitrogen and oxygen atoms in total. The van der Waals surface area contributed by atoms with Crippen LogP contribution in [0.3, 0.4) is 0 Å². The Morgan fingerprint density at radius 1 is 0.919 bits per heavy atom. The number of hydrogen-bond acceptors (Lipinski definition) is 6. The van der Waals surface area contributed by atoms with Gasteiger partial charge in [0, 0.05) is 42.1 Å². The van der Waals surface area contributed by atoms with Crippen molar-refractivity contribution in [3.8, 4) is 0 Å². The predicted molar refractivity (Wildman–Crippen MR) is 142 cm³/mol. The standard InChI is InChI=1S/C28H26FN3O4S/c1-18-4-6-19(7-5-18)26(33)31-22-12-14-23(15-13-22)37-25-24(30-21-10-8-20(29)9-11-21)27(34)32(28(25)35)16-3-17-36-2/h4-15,30H,3,16-17H2,1-2H3,(H,31,33). The van der Waals surface area contributed by atoms with E-state index in [9.17, 15) is 18.8 Å². The lowest BCUT2D eigenvalue weighted by molar-refractivity contribution is -0.137. The van der Waals surface area contributed by atoms with Crippen molar-refractivity contribution in [3.05, 3.63) is 100 Å². The molecule has 2 N–H and O–H groups in total. The highest BCUT2D eigenvalue weighted by Crippen LogP contribution is 2.36. The molecule has 1 aliphatic rings. The molecule has 3 amide bonds. The number of anilines is 2. The van der Waals surface area contributed by atoms with Gasteiger partial charge in [-0.2, -0.15) is 0 Å². The van der Waals surface area contributed by atoms with Gasteiger partial charge >= 0.3 is 0 Å². The number of ether oxygens (including phenoxy) is 1. The second-order valence-corrected chi connectivity index (χ2v) is 9.47. The van der Waals surface area contributed by atoms with E-state index in [0.29, 0.717) is 34.9 Å². The van der Waals surface area contributed by atoms with E-state index in [-0.39, 0.29) is 23.1 Å². The van der Waals surface area contributed by atoms with E-state index in [2.05, 4.69) is 10.6 Å². The lowest BCUT2D eigenvalue weighted by Gasteiger charge is -2.14. The number of thioether (sulfide) groups is 1. The first-order chi connectivity index (χ1) is 17.9. The van der Waals surface area contributed by atoms with Crippen molar-refractivity contribution >= 4 is 40.9 Å². The Morgan fingerprint density at radius 3 is 2.22 bits per heavy atom. The molecule has 0 spiro atoms. The number of nitrogens with zero attached hydrogens (tertiary/aromatic N) is 1. The number of imide groups is 1. The Labute approximate surface area is 218 Å². The summed E-state index contributed by atoms with van der Waals surface area (Å²) in [7, 11) is 1.56. The van der Waals surface area contributed by atoms with Gasteiger partial charge in [0.2, 0.25) is 0 Å². The van der Waals surface area contributed by atoms with Gasteiger partial charge in [0.25, 0.3) is 17.7 Å². The largest absolute Gasteiger partial charge is 0.385 e. The third-order valence-corrected chi connectivity index (χ3v) is 6.71. The number of carbonyl (C=O) groups is 3. The molecule has 3 aromatic rings. The average Bonchev–Trinajstić information content (AvgIpc) is 3.11. The molecule has 0 aliphatic carbocycles. The maximum atomic E-state index is 13.4. The minimum atomic E-state index is -0.449. The van der Waals surface area contributed by atoms with Crippen LogP contribution in [0.2, 0.25) is 0 Å². The van der Waals surface area contributed by atoms with E-state index in [1.807, 2.05) is 19.1 Å². The average molecular weight is 520 g/mol. The number of amides is 3.